The number of hydrogen-bond donors (Lipinski definition) is 3. The van der Waals surface area contributed by atoms with Gasteiger partial charge in [0.1, 0.15) is 0 Å². The van der Waals surface area contributed by atoms with Crippen LogP contribution in [0.25, 0.3) is 0 Å². The average Bonchev–Trinajstić information content (AvgIpc) is 2.34. The molecule has 0 aliphatic carbocycles. The zero-order valence-corrected chi connectivity index (χ0v) is 9.91. The molecule has 1 saturated heterocycles. The van der Waals surface area contributed by atoms with Crippen LogP contribution in [0, 0.1) is 0 Å². The number of carbonyl (C=O) groups excluding carboxylic acids is 3. The first-order valence-electron chi connectivity index (χ1n) is 5.59. The lowest BCUT2D eigenvalue weighted by molar-refractivity contribution is -0.133. The molecule has 1 fully saturated rings. The van der Waals surface area contributed by atoms with E-state index in [1.807, 2.05) is 0 Å². The molecule has 1 aliphatic rings. The molecule has 3 amide bonds. The first-order chi connectivity index (χ1) is 8.09. The molecule has 0 aromatic heterocycles. The molecule has 1 rings (SSSR count). The van der Waals surface area contributed by atoms with E-state index in [2.05, 4.69) is 16.0 Å². The molecule has 1 heterocycles. The van der Waals surface area contributed by atoms with Gasteiger partial charge < -0.3 is 20.9 Å². The van der Waals surface area contributed by atoms with Crippen LogP contribution in [0.2, 0.25) is 0 Å². The topological polar surface area (TPSA) is 90.5 Å². The Morgan fingerprint density at radius 2 is 1.76 bits per heavy atom. The number of nitrogens with zero attached hydrogens (tertiary/aromatic N) is 1. The summed E-state index contributed by atoms with van der Waals surface area (Å²) in [5, 5.41) is 7.97. The number of nitrogens with one attached hydrogen (secondary N) is 3. The van der Waals surface area contributed by atoms with Gasteiger partial charge in [-0.2, -0.15) is 0 Å². The zero-order chi connectivity index (χ0) is 12.7. The highest BCUT2D eigenvalue weighted by molar-refractivity contribution is 5.87. The van der Waals surface area contributed by atoms with E-state index in [9.17, 15) is 14.4 Å². The fraction of sp³-hybridized carbons (Fsp3) is 0.700. The van der Waals surface area contributed by atoms with Crippen LogP contribution < -0.4 is 16.0 Å². The lowest BCUT2D eigenvalue weighted by Gasteiger charge is -2.27. The summed E-state index contributed by atoms with van der Waals surface area (Å²) in [5.74, 6) is -0.722. The second kappa shape index (κ2) is 6.85. The Hall–Kier alpha value is -1.63. The molecule has 17 heavy (non-hydrogen) atoms. The van der Waals surface area contributed by atoms with Crippen LogP contribution in [0.3, 0.4) is 0 Å². The molecule has 0 aromatic rings. The summed E-state index contributed by atoms with van der Waals surface area (Å²) in [6, 6.07) is 0. The van der Waals surface area contributed by atoms with Gasteiger partial charge in [0.05, 0.1) is 13.1 Å². The van der Waals surface area contributed by atoms with E-state index in [0.717, 1.165) is 13.1 Å². The fourth-order valence-corrected chi connectivity index (χ4v) is 1.47. The van der Waals surface area contributed by atoms with Gasteiger partial charge in [0.2, 0.25) is 17.7 Å². The van der Waals surface area contributed by atoms with Crippen molar-refractivity contribution in [2.75, 3.05) is 39.3 Å². The van der Waals surface area contributed by atoms with Crippen molar-refractivity contribution in [1.82, 2.24) is 20.9 Å². The minimum Gasteiger partial charge on any atom is -0.347 e. The zero-order valence-electron chi connectivity index (χ0n) is 9.91. The van der Waals surface area contributed by atoms with Crippen molar-refractivity contribution in [2.45, 2.75) is 6.92 Å². The molecule has 0 bridgehead atoms. The molecule has 1 aliphatic heterocycles. The predicted octanol–water partition coefficient (Wildman–Crippen LogP) is -2.33. The van der Waals surface area contributed by atoms with Crippen LogP contribution in [0.5, 0.6) is 0 Å². The number of piperazine rings is 1. The quantitative estimate of drug-likeness (QED) is 0.516. The Balaban J connectivity index is 2.18. The molecule has 7 heteroatoms. The van der Waals surface area contributed by atoms with Crippen LogP contribution >= 0.6 is 0 Å². The van der Waals surface area contributed by atoms with E-state index in [1.165, 1.54) is 6.92 Å². The second-order valence-electron chi connectivity index (χ2n) is 3.82. The van der Waals surface area contributed by atoms with Gasteiger partial charge in [0.15, 0.2) is 0 Å². The first-order valence-corrected chi connectivity index (χ1v) is 5.59. The van der Waals surface area contributed by atoms with Gasteiger partial charge in [0, 0.05) is 33.1 Å². The molecule has 0 atom stereocenters. The molecule has 0 spiro atoms. The van der Waals surface area contributed by atoms with Gasteiger partial charge in [-0.15, -0.1) is 0 Å². The van der Waals surface area contributed by atoms with Crippen molar-refractivity contribution in [3.05, 3.63) is 0 Å². The van der Waals surface area contributed by atoms with Gasteiger partial charge >= 0.3 is 0 Å². The third-order valence-corrected chi connectivity index (χ3v) is 2.40. The van der Waals surface area contributed by atoms with Gasteiger partial charge in [0.25, 0.3) is 0 Å². The van der Waals surface area contributed by atoms with Crippen LogP contribution in [-0.2, 0) is 14.4 Å². The Morgan fingerprint density at radius 3 is 2.35 bits per heavy atom. The molecule has 7 nitrogen and oxygen atoms in total. The normalized spacial score (nSPS) is 15.2. The molecule has 0 radical (unpaired) electrons. The number of amides is 3. The lowest BCUT2D eigenvalue weighted by Crippen LogP contribution is -2.50. The smallest absolute Gasteiger partial charge is 0.242 e. The Bertz CT molecular complexity index is 300. The number of carbonyl (C=O) groups is 3. The van der Waals surface area contributed by atoms with Crippen LogP contribution in [0.15, 0.2) is 0 Å². The van der Waals surface area contributed by atoms with E-state index >= 15 is 0 Å². The molecule has 3 N–H and O–H groups in total. The maximum atomic E-state index is 11.6. The third kappa shape index (κ3) is 5.30. The average molecular weight is 242 g/mol. The predicted molar refractivity (Wildman–Crippen MR) is 61.1 cm³/mol. The summed E-state index contributed by atoms with van der Waals surface area (Å²) in [6.07, 6.45) is 0. The van der Waals surface area contributed by atoms with E-state index in [4.69, 9.17) is 0 Å². The van der Waals surface area contributed by atoms with Gasteiger partial charge in [-0.1, -0.05) is 0 Å². The summed E-state index contributed by atoms with van der Waals surface area (Å²) in [6.45, 7) is 4.12. The molecule has 0 unspecified atom stereocenters. The maximum Gasteiger partial charge on any atom is 0.242 e. The summed E-state index contributed by atoms with van der Waals surface area (Å²) in [7, 11) is 0. The van der Waals surface area contributed by atoms with E-state index in [0.29, 0.717) is 13.1 Å². The molecule has 96 valence electrons. The van der Waals surface area contributed by atoms with Crippen LogP contribution in [0.4, 0.5) is 0 Å². The van der Waals surface area contributed by atoms with Crippen molar-refractivity contribution >= 4 is 17.7 Å². The largest absolute Gasteiger partial charge is 0.347 e. The minimum atomic E-state index is -0.358. The lowest BCUT2D eigenvalue weighted by atomic mass is 10.3. The molecule has 0 saturated carbocycles. The Morgan fingerprint density at radius 1 is 1.12 bits per heavy atom. The SMILES string of the molecule is CC(=O)NCC(=O)NCC(=O)N1CCNCC1. The van der Waals surface area contributed by atoms with E-state index in [1.54, 1.807) is 4.90 Å². The molecule has 0 aromatic carbocycles. The Labute approximate surface area is 99.9 Å². The highest BCUT2D eigenvalue weighted by atomic mass is 16.2. The monoisotopic (exact) mass is 242 g/mol. The van der Waals surface area contributed by atoms with Gasteiger partial charge in [-0.3, -0.25) is 14.4 Å². The van der Waals surface area contributed by atoms with Crippen molar-refractivity contribution in [3.8, 4) is 0 Å². The van der Waals surface area contributed by atoms with Crippen molar-refractivity contribution < 1.29 is 14.4 Å². The van der Waals surface area contributed by atoms with Crippen molar-refractivity contribution in [1.29, 1.82) is 0 Å². The van der Waals surface area contributed by atoms with Crippen LogP contribution in [-0.4, -0.2) is 61.9 Å². The summed E-state index contributed by atoms with van der Waals surface area (Å²) >= 11 is 0. The number of hydrogen-bond acceptors (Lipinski definition) is 4. The van der Waals surface area contributed by atoms with Crippen molar-refractivity contribution in [3.63, 3.8) is 0 Å². The van der Waals surface area contributed by atoms with Crippen molar-refractivity contribution in [2.24, 2.45) is 0 Å². The van der Waals surface area contributed by atoms with Gasteiger partial charge in [-0.05, 0) is 0 Å². The highest BCUT2D eigenvalue weighted by Crippen LogP contribution is 1.91. The maximum absolute atomic E-state index is 11.6. The van der Waals surface area contributed by atoms with Gasteiger partial charge in [-0.25, -0.2) is 0 Å². The van der Waals surface area contributed by atoms with Crippen LogP contribution in [0.1, 0.15) is 6.92 Å². The summed E-state index contributed by atoms with van der Waals surface area (Å²) in [5.41, 5.74) is 0. The first kappa shape index (κ1) is 13.4. The standard InChI is InChI=1S/C10H18N4O3/c1-8(15)12-6-9(16)13-7-10(17)14-4-2-11-3-5-14/h11H,2-7H2,1H3,(H,12,15)(H,13,16). The second-order valence-corrected chi connectivity index (χ2v) is 3.82. The molecular formula is C10H18N4O3. The minimum absolute atomic E-state index is 0.0155. The number of rotatable bonds is 4. The fourth-order valence-electron chi connectivity index (χ4n) is 1.47. The van der Waals surface area contributed by atoms with E-state index < -0.39 is 0 Å². The summed E-state index contributed by atoms with van der Waals surface area (Å²) < 4.78 is 0. The van der Waals surface area contributed by atoms with E-state index in [-0.39, 0.29) is 30.8 Å². The molecular weight excluding hydrogens is 224 g/mol. The summed E-state index contributed by atoms with van der Waals surface area (Å²) in [4.78, 5) is 35.1. The third-order valence-electron chi connectivity index (χ3n) is 2.40. The highest BCUT2D eigenvalue weighted by Gasteiger charge is 2.16. The Kier molecular flexibility index (Phi) is 5.41.